The molecule has 2 rings (SSSR count). The Morgan fingerprint density at radius 3 is 1.95 bits per heavy atom. The van der Waals surface area contributed by atoms with Crippen molar-refractivity contribution >= 4 is 0 Å². The largest absolute Gasteiger partial charge is 0.376 e. The Kier molecular flexibility index (Phi) is 7.23. The average Bonchev–Trinajstić information content (AvgIpc) is 3.22. The second-order valence-electron chi connectivity index (χ2n) is 6.62. The predicted octanol–water partition coefficient (Wildman–Crippen LogP) is 4.28. The summed E-state index contributed by atoms with van der Waals surface area (Å²) in [6.45, 7) is 1.02. The van der Waals surface area contributed by atoms with Crippen molar-refractivity contribution in [1.82, 2.24) is 5.32 Å². The van der Waals surface area contributed by atoms with Gasteiger partial charge in [-0.25, -0.2) is 0 Å². The zero-order valence-electron chi connectivity index (χ0n) is 12.8. The van der Waals surface area contributed by atoms with Gasteiger partial charge in [-0.05, 0) is 38.6 Å². The zero-order chi connectivity index (χ0) is 13.3. The predicted molar refractivity (Wildman–Crippen MR) is 81.5 cm³/mol. The Bertz CT molecular complexity index is 227. The van der Waals surface area contributed by atoms with Gasteiger partial charge in [0.25, 0.3) is 0 Å². The van der Waals surface area contributed by atoms with Crippen LogP contribution in [0.3, 0.4) is 0 Å². The molecule has 0 aromatic carbocycles. The Balaban J connectivity index is 1.79. The molecule has 2 heteroatoms. The second kappa shape index (κ2) is 8.97. The number of hydrogen-bond donors (Lipinski definition) is 1. The minimum Gasteiger partial charge on any atom is -0.376 e. The lowest BCUT2D eigenvalue weighted by molar-refractivity contribution is 0.0121. The van der Waals surface area contributed by atoms with Crippen molar-refractivity contribution in [2.45, 2.75) is 89.2 Å². The van der Waals surface area contributed by atoms with Crippen LogP contribution in [0.25, 0.3) is 0 Å². The van der Waals surface area contributed by atoms with Crippen molar-refractivity contribution in [2.75, 3.05) is 13.7 Å². The zero-order valence-corrected chi connectivity index (χ0v) is 12.8. The number of nitrogens with one attached hydrogen (secondary N) is 1. The highest BCUT2D eigenvalue weighted by Gasteiger charge is 2.26. The SMILES string of the molecule is CNC1CCCCCCCCCCC1OCC1CC1. The van der Waals surface area contributed by atoms with E-state index in [1.54, 1.807) is 0 Å². The van der Waals surface area contributed by atoms with E-state index in [-0.39, 0.29) is 0 Å². The van der Waals surface area contributed by atoms with Gasteiger partial charge in [-0.15, -0.1) is 0 Å². The molecule has 2 aliphatic carbocycles. The van der Waals surface area contributed by atoms with Crippen LogP contribution >= 0.6 is 0 Å². The number of likely N-dealkylation sites (N-methyl/N-ethyl adjacent to an activating group) is 1. The summed E-state index contributed by atoms with van der Waals surface area (Å²) < 4.78 is 6.25. The topological polar surface area (TPSA) is 21.3 Å². The van der Waals surface area contributed by atoms with Gasteiger partial charge in [-0.2, -0.15) is 0 Å². The Hall–Kier alpha value is -0.0800. The summed E-state index contributed by atoms with van der Waals surface area (Å²) >= 11 is 0. The first-order valence-corrected chi connectivity index (χ1v) is 8.69. The number of rotatable bonds is 4. The highest BCUT2D eigenvalue weighted by Crippen LogP contribution is 2.30. The van der Waals surface area contributed by atoms with Crippen LogP contribution in [0.15, 0.2) is 0 Å². The van der Waals surface area contributed by atoms with E-state index >= 15 is 0 Å². The second-order valence-corrected chi connectivity index (χ2v) is 6.62. The van der Waals surface area contributed by atoms with E-state index in [1.807, 2.05) is 0 Å². The molecule has 2 fully saturated rings. The summed E-state index contributed by atoms with van der Waals surface area (Å²) in [4.78, 5) is 0. The van der Waals surface area contributed by atoms with E-state index in [9.17, 15) is 0 Å². The van der Waals surface area contributed by atoms with Gasteiger partial charge in [0, 0.05) is 12.6 Å². The van der Waals surface area contributed by atoms with Crippen molar-refractivity contribution in [3.63, 3.8) is 0 Å². The molecular weight excluding hydrogens is 234 g/mol. The third kappa shape index (κ3) is 6.27. The van der Waals surface area contributed by atoms with Gasteiger partial charge in [0.1, 0.15) is 0 Å². The fraction of sp³-hybridized carbons (Fsp3) is 1.00. The van der Waals surface area contributed by atoms with Crippen LogP contribution in [-0.4, -0.2) is 25.8 Å². The fourth-order valence-corrected chi connectivity index (χ4v) is 3.23. The van der Waals surface area contributed by atoms with Crippen LogP contribution in [0.1, 0.15) is 77.0 Å². The first-order valence-electron chi connectivity index (χ1n) is 8.69. The fourth-order valence-electron chi connectivity index (χ4n) is 3.23. The van der Waals surface area contributed by atoms with Crippen molar-refractivity contribution in [3.05, 3.63) is 0 Å². The van der Waals surface area contributed by atoms with Crippen molar-refractivity contribution in [1.29, 1.82) is 0 Å². The van der Waals surface area contributed by atoms with Gasteiger partial charge < -0.3 is 10.1 Å². The highest BCUT2D eigenvalue weighted by molar-refractivity contribution is 4.79. The maximum absolute atomic E-state index is 6.25. The van der Waals surface area contributed by atoms with E-state index < -0.39 is 0 Å². The molecule has 2 atom stereocenters. The van der Waals surface area contributed by atoms with Crippen LogP contribution in [0.5, 0.6) is 0 Å². The van der Waals surface area contributed by atoms with Gasteiger partial charge in [-0.1, -0.05) is 51.4 Å². The highest BCUT2D eigenvalue weighted by atomic mass is 16.5. The summed E-state index contributed by atoms with van der Waals surface area (Å²) in [5.74, 6) is 0.888. The summed E-state index contributed by atoms with van der Waals surface area (Å²) in [6, 6.07) is 0.582. The molecule has 2 nitrogen and oxygen atoms in total. The van der Waals surface area contributed by atoms with E-state index in [2.05, 4.69) is 12.4 Å². The third-order valence-electron chi connectivity index (χ3n) is 4.82. The van der Waals surface area contributed by atoms with Gasteiger partial charge in [0.05, 0.1) is 6.10 Å². The molecule has 112 valence electrons. The molecule has 0 bridgehead atoms. The van der Waals surface area contributed by atoms with Gasteiger partial charge in [0.15, 0.2) is 0 Å². The maximum atomic E-state index is 6.25. The van der Waals surface area contributed by atoms with E-state index in [1.165, 1.54) is 77.0 Å². The van der Waals surface area contributed by atoms with Gasteiger partial charge in [-0.3, -0.25) is 0 Å². The van der Waals surface area contributed by atoms with Crippen LogP contribution in [0.2, 0.25) is 0 Å². The lowest BCUT2D eigenvalue weighted by Gasteiger charge is -2.28. The van der Waals surface area contributed by atoms with E-state index in [0.717, 1.165) is 12.5 Å². The molecule has 2 saturated carbocycles. The quantitative estimate of drug-likeness (QED) is 0.820. The number of ether oxygens (including phenoxy) is 1. The molecule has 0 heterocycles. The summed E-state index contributed by atoms with van der Waals surface area (Å²) in [7, 11) is 2.12. The van der Waals surface area contributed by atoms with E-state index in [4.69, 9.17) is 4.74 Å². The molecule has 0 radical (unpaired) electrons. The monoisotopic (exact) mass is 267 g/mol. The molecule has 0 aliphatic heterocycles. The standard InChI is InChI=1S/C17H33NO/c1-18-16-10-8-6-4-2-3-5-7-9-11-17(16)19-14-15-12-13-15/h15-18H,2-14H2,1H3. The molecular formula is C17H33NO. The summed E-state index contributed by atoms with van der Waals surface area (Å²) in [6.07, 6.45) is 17.1. The first-order chi connectivity index (χ1) is 9.40. The molecule has 2 unspecified atom stereocenters. The number of hydrogen-bond acceptors (Lipinski definition) is 2. The molecule has 0 saturated heterocycles. The minimum atomic E-state index is 0.463. The molecule has 0 aromatic heterocycles. The Morgan fingerprint density at radius 1 is 0.789 bits per heavy atom. The van der Waals surface area contributed by atoms with Crippen molar-refractivity contribution < 1.29 is 4.74 Å². The van der Waals surface area contributed by atoms with Gasteiger partial charge in [0.2, 0.25) is 0 Å². The molecule has 0 amide bonds. The Morgan fingerprint density at radius 2 is 1.37 bits per heavy atom. The van der Waals surface area contributed by atoms with Crippen LogP contribution in [0.4, 0.5) is 0 Å². The lowest BCUT2D eigenvalue weighted by atomic mass is 9.96. The van der Waals surface area contributed by atoms with Crippen molar-refractivity contribution in [3.8, 4) is 0 Å². The maximum Gasteiger partial charge on any atom is 0.0728 e. The Labute approximate surface area is 119 Å². The molecule has 19 heavy (non-hydrogen) atoms. The van der Waals surface area contributed by atoms with Crippen molar-refractivity contribution in [2.24, 2.45) is 5.92 Å². The molecule has 0 spiro atoms. The van der Waals surface area contributed by atoms with Gasteiger partial charge >= 0.3 is 0 Å². The summed E-state index contributed by atoms with van der Waals surface area (Å²) in [5, 5.41) is 3.53. The van der Waals surface area contributed by atoms with Crippen LogP contribution in [0, 0.1) is 5.92 Å². The molecule has 1 N–H and O–H groups in total. The third-order valence-corrected chi connectivity index (χ3v) is 4.82. The summed E-state index contributed by atoms with van der Waals surface area (Å²) in [5.41, 5.74) is 0. The van der Waals surface area contributed by atoms with E-state index in [0.29, 0.717) is 12.1 Å². The van der Waals surface area contributed by atoms with Crippen LogP contribution < -0.4 is 5.32 Å². The normalized spacial score (nSPS) is 31.4. The first kappa shape index (κ1) is 15.3. The van der Waals surface area contributed by atoms with Crippen LogP contribution in [-0.2, 0) is 4.74 Å². The average molecular weight is 267 g/mol. The molecule has 2 aliphatic rings. The minimum absolute atomic E-state index is 0.463. The molecule has 0 aromatic rings. The lowest BCUT2D eigenvalue weighted by Crippen LogP contribution is -2.40. The smallest absolute Gasteiger partial charge is 0.0728 e.